The maximum Gasteiger partial charge on any atom is 0.330 e. The second kappa shape index (κ2) is 13.5. The summed E-state index contributed by atoms with van der Waals surface area (Å²) in [4.78, 5) is 37.4. The standard InChI is InChI=1S/C35H31N3O9S/c1-24-22-37(34(40)36-33(24)39)32-21-30(47-48(43,44)29-19-17-28(18-20-29)38(41)42)31(46-32)23-45-35(25-11-5-2-6-12-25,26-13-7-3-8-14-26)27-15-9-4-10-16-27/h2-20,22,30-32H,21,23H2,1H3,(H,36,39,40). The zero-order valence-corrected chi connectivity index (χ0v) is 26.5. The van der Waals surface area contributed by atoms with Gasteiger partial charge in [-0.1, -0.05) is 91.0 Å². The molecule has 12 nitrogen and oxygen atoms in total. The fourth-order valence-electron chi connectivity index (χ4n) is 5.85. The number of non-ortho nitro benzene ring substituents is 1. The zero-order valence-electron chi connectivity index (χ0n) is 25.7. The number of aromatic amines is 1. The maximum absolute atomic E-state index is 13.5. The van der Waals surface area contributed by atoms with Crippen molar-refractivity contribution < 1.29 is 27.0 Å². The van der Waals surface area contributed by atoms with Gasteiger partial charge in [0.1, 0.15) is 24.0 Å². The lowest BCUT2D eigenvalue weighted by Gasteiger charge is -2.37. The van der Waals surface area contributed by atoms with Crippen molar-refractivity contribution in [2.75, 3.05) is 6.61 Å². The van der Waals surface area contributed by atoms with Crippen LogP contribution in [-0.2, 0) is 29.4 Å². The zero-order chi connectivity index (χ0) is 33.9. The van der Waals surface area contributed by atoms with Gasteiger partial charge in [0.05, 0.1) is 16.4 Å². The number of nitrogens with zero attached hydrogens (tertiary/aromatic N) is 2. The van der Waals surface area contributed by atoms with Gasteiger partial charge >= 0.3 is 5.69 Å². The van der Waals surface area contributed by atoms with Gasteiger partial charge in [-0.3, -0.25) is 28.6 Å². The quantitative estimate of drug-likeness (QED) is 0.0900. The lowest BCUT2D eigenvalue weighted by atomic mass is 9.80. The molecular formula is C35H31N3O9S. The first kappa shape index (κ1) is 32.7. The largest absolute Gasteiger partial charge is 0.358 e. The van der Waals surface area contributed by atoms with E-state index in [4.69, 9.17) is 13.7 Å². The van der Waals surface area contributed by atoms with Crippen LogP contribution in [-0.4, -0.2) is 41.7 Å². The first-order chi connectivity index (χ1) is 23.1. The van der Waals surface area contributed by atoms with Gasteiger partial charge in [0, 0.05) is 30.3 Å². The molecule has 0 aliphatic carbocycles. The highest BCUT2D eigenvalue weighted by Gasteiger charge is 2.44. The fourth-order valence-corrected chi connectivity index (χ4v) is 6.96. The summed E-state index contributed by atoms with van der Waals surface area (Å²) in [7, 11) is -4.46. The molecule has 3 atom stereocenters. The molecule has 246 valence electrons. The van der Waals surface area contributed by atoms with E-state index in [-0.39, 0.29) is 29.2 Å². The molecule has 2 heterocycles. The fraction of sp³-hybridized carbons (Fsp3) is 0.200. The maximum atomic E-state index is 13.5. The van der Waals surface area contributed by atoms with Crippen LogP contribution in [0, 0.1) is 17.0 Å². The summed E-state index contributed by atoms with van der Waals surface area (Å²) >= 11 is 0. The number of hydrogen-bond donors (Lipinski definition) is 1. The molecule has 3 unspecified atom stereocenters. The third-order valence-electron chi connectivity index (χ3n) is 8.23. The molecule has 0 bridgehead atoms. The van der Waals surface area contributed by atoms with Crippen LogP contribution >= 0.6 is 0 Å². The Kier molecular flexibility index (Phi) is 9.20. The molecule has 0 amide bonds. The molecule has 48 heavy (non-hydrogen) atoms. The number of benzene rings is 4. The number of nitro benzene ring substituents is 1. The van der Waals surface area contributed by atoms with Gasteiger partial charge in [0.2, 0.25) is 0 Å². The van der Waals surface area contributed by atoms with Crippen LogP contribution < -0.4 is 11.2 Å². The summed E-state index contributed by atoms with van der Waals surface area (Å²) in [6, 6.07) is 33.0. The third-order valence-corrected chi connectivity index (χ3v) is 9.58. The predicted octanol–water partition coefficient (Wildman–Crippen LogP) is 4.82. The van der Waals surface area contributed by atoms with Crippen LogP contribution in [0.3, 0.4) is 0 Å². The molecule has 0 saturated carbocycles. The monoisotopic (exact) mass is 669 g/mol. The summed E-state index contributed by atoms with van der Waals surface area (Å²) in [5.41, 5.74) is -0.0663. The van der Waals surface area contributed by atoms with Crippen molar-refractivity contribution in [3.8, 4) is 0 Å². The van der Waals surface area contributed by atoms with E-state index in [0.29, 0.717) is 0 Å². The van der Waals surface area contributed by atoms with E-state index in [1.165, 1.54) is 17.7 Å². The van der Waals surface area contributed by atoms with Crippen LogP contribution in [0.15, 0.2) is 136 Å². The highest BCUT2D eigenvalue weighted by atomic mass is 32.2. The minimum Gasteiger partial charge on any atom is -0.358 e. The number of nitro groups is 1. The predicted molar refractivity (Wildman–Crippen MR) is 175 cm³/mol. The molecule has 1 N–H and O–H groups in total. The van der Waals surface area contributed by atoms with Gasteiger partial charge in [-0.25, -0.2) is 4.79 Å². The Morgan fingerprint density at radius 2 is 1.40 bits per heavy atom. The summed E-state index contributed by atoms with van der Waals surface area (Å²) in [5.74, 6) is 0. The van der Waals surface area contributed by atoms with Gasteiger partial charge in [-0.15, -0.1) is 0 Å². The van der Waals surface area contributed by atoms with Gasteiger partial charge < -0.3 is 9.47 Å². The number of aromatic nitrogens is 2. The Morgan fingerprint density at radius 1 is 0.875 bits per heavy atom. The van der Waals surface area contributed by atoms with Crippen LogP contribution in [0.5, 0.6) is 0 Å². The summed E-state index contributed by atoms with van der Waals surface area (Å²) in [5, 5.41) is 11.1. The molecule has 4 aromatic carbocycles. The van der Waals surface area contributed by atoms with Crippen molar-refractivity contribution in [1.29, 1.82) is 0 Å². The normalized spacial score (nSPS) is 18.1. The van der Waals surface area contributed by atoms with Crippen LogP contribution in [0.4, 0.5) is 5.69 Å². The Hall–Kier alpha value is -5.21. The molecule has 5 aromatic rings. The number of ether oxygens (including phenoxy) is 2. The Morgan fingerprint density at radius 3 is 1.90 bits per heavy atom. The number of nitrogens with one attached hydrogen (secondary N) is 1. The topological polar surface area (TPSA) is 160 Å². The van der Waals surface area contributed by atoms with E-state index in [1.807, 2.05) is 91.0 Å². The van der Waals surface area contributed by atoms with E-state index in [9.17, 15) is 28.1 Å². The van der Waals surface area contributed by atoms with E-state index in [0.717, 1.165) is 41.0 Å². The van der Waals surface area contributed by atoms with Gasteiger partial charge in [0.15, 0.2) is 0 Å². The van der Waals surface area contributed by atoms with Crippen molar-refractivity contribution in [2.24, 2.45) is 0 Å². The van der Waals surface area contributed by atoms with E-state index >= 15 is 0 Å². The average molecular weight is 670 g/mol. The molecule has 6 rings (SSSR count). The van der Waals surface area contributed by atoms with Crippen LogP contribution in [0.25, 0.3) is 0 Å². The minimum atomic E-state index is -4.46. The summed E-state index contributed by atoms with van der Waals surface area (Å²) in [6.45, 7) is 1.35. The summed E-state index contributed by atoms with van der Waals surface area (Å²) in [6.07, 6.45) is -1.95. The van der Waals surface area contributed by atoms with Gasteiger partial charge in [-0.05, 0) is 35.7 Å². The Bertz CT molecular complexity index is 2020. The molecular weight excluding hydrogens is 638 g/mol. The van der Waals surface area contributed by atoms with Crippen LogP contribution in [0.1, 0.15) is 34.9 Å². The van der Waals surface area contributed by atoms with Gasteiger partial charge in [-0.2, -0.15) is 8.42 Å². The van der Waals surface area contributed by atoms with E-state index < -0.39 is 50.3 Å². The average Bonchev–Trinajstić information content (AvgIpc) is 3.49. The second-order valence-corrected chi connectivity index (χ2v) is 12.8. The molecule has 1 fully saturated rings. The smallest absolute Gasteiger partial charge is 0.330 e. The van der Waals surface area contributed by atoms with Crippen LogP contribution in [0.2, 0.25) is 0 Å². The molecule has 1 aliphatic heterocycles. The Labute approximate surface area is 275 Å². The molecule has 13 heteroatoms. The highest BCUT2D eigenvalue weighted by molar-refractivity contribution is 7.86. The lowest BCUT2D eigenvalue weighted by Crippen LogP contribution is -2.39. The first-order valence-electron chi connectivity index (χ1n) is 15.0. The SMILES string of the molecule is Cc1cn(C2CC(OS(=O)(=O)c3ccc([N+](=O)[O-])cc3)C(COC(c3ccccc3)(c3ccccc3)c3ccccc3)O2)c(=O)[nH]c1=O. The molecule has 1 aliphatic rings. The molecule has 0 spiro atoms. The first-order valence-corrected chi connectivity index (χ1v) is 16.4. The minimum absolute atomic E-state index is 0.0966. The van der Waals surface area contributed by atoms with Crippen molar-refractivity contribution in [3.05, 3.63) is 175 Å². The summed E-state index contributed by atoms with van der Waals surface area (Å²) < 4.78 is 47.1. The number of hydrogen-bond acceptors (Lipinski definition) is 9. The van der Waals surface area contributed by atoms with Crippen molar-refractivity contribution >= 4 is 15.8 Å². The van der Waals surface area contributed by atoms with Crippen molar-refractivity contribution in [2.45, 2.75) is 42.3 Å². The van der Waals surface area contributed by atoms with E-state index in [2.05, 4.69) is 4.98 Å². The Balaban J connectivity index is 1.40. The number of H-pyrrole nitrogens is 1. The van der Waals surface area contributed by atoms with Crippen molar-refractivity contribution in [1.82, 2.24) is 9.55 Å². The third kappa shape index (κ3) is 6.49. The number of rotatable bonds is 11. The lowest BCUT2D eigenvalue weighted by molar-refractivity contribution is -0.384. The second-order valence-electron chi connectivity index (χ2n) is 11.3. The number of aryl methyl sites for hydroxylation is 1. The molecule has 1 aromatic heterocycles. The molecule has 1 saturated heterocycles. The highest BCUT2D eigenvalue weighted by Crippen LogP contribution is 2.42. The van der Waals surface area contributed by atoms with Gasteiger partial charge in [0.25, 0.3) is 21.4 Å². The van der Waals surface area contributed by atoms with E-state index in [1.54, 1.807) is 0 Å². The van der Waals surface area contributed by atoms with Crippen molar-refractivity contribution in [3.63, 3.8) is 0 Å². The molecule has 0 radical (unpaired) electrons.